The summed E-state index contributed by atoms with van der Waals surface area (Å²) in [6.45, 7) is 1.23. The fourth-order valence-electron chi connectivity index (χ4n) is 1.06. The highest BCUT2D eigenvalue weighted by Gasteiger charge is 2.00. The van der Waals surface area contributed by atoms with Crippen molar-refractivity contribution in [3.05, 3.63) is 24.3 Å². The van der Waals surface area contributed by atoms with Crippen molar-refractivity contribution in [2.75, 3.05) is 11.9 Å². The first-order chi connectivity index (χ1) is 7.61. The summed E-state index contributed by atoms with van der Waals surface area (Å²) < 4.78 is 4.91. The fourth-order valence-corrected chi connectivity index (χ4v) is 1.06. The molecular formula is C11H12NO4-. The number of ether oxygens (including phenoxy) is 1. The molecule has 0 aliphatic heterocycles. The van der Waals surface area contributed by atoms with Gasteiger partial charge in [-0.1, -0.05) is 13.0 Å². The first-order valence-electron chi connectivity index (χ1n) is 4.84. The zero-order chi connectivity index (χ0) is 12.0. The standard InChI is InChI=1S/C11H13NO4/c1-2-10(13)12-8-4-3-5-9(6-8)16-7-11(14)15/h3-6H,2,7H2,1H3,(H,12,13)(H,14,15)/p-1. The van der Waals surface area contributed by atoms with Gasteiger partial charge in [0.05, 0.1) is 5.97 Å². The van der Waals surface area contributed by atoms with E-state index in [0.29, 0.717) is 17.9 Å². The van der Waals surface area contributed by atoms with Gasteiger partial charge in [-0.05, 0) is 12.1 Å². The van der Waals surface area contributed by atoms with Crippen LogP contribution < -0.4 is 15.2 Å². The molecule has 0 aromatic heterocycles. The molecule has 5 heteroatoms. The molecule has 1 aromatic rings. The molecule has 0 fully saturated rings. The van der Waals surface area contributed by atoms with Crippen LogP contribution in [0.3, 0.4) is 0 Å². The molecule has 0 saturated carbocycles. The van der Waals surface area contributed by atoms with Crippen molar-refractivity contribution in [1.82, 2.24) is 0 Å². The molecule has 1 N–H and O–H groups in total. The summed E-state index contributed by atoms with van der Waals surface area (Å²) in [6, 6.07) is 6.51. The molecule has 0 aliphatic carbocycles. The zero-order valence-electron chi connectivity index (χ0n) is 8.86. The van der Waals surface area contributed by atoms with E-state index in [1.807, 2.05) is 0 Å². The molecule has 0 atom stereocenters. The van der Waals surface area contributed by atoms with Crippen molar-refractivity contribution in [3.63, 3.8) is 0 Å². The van der Waals surface area contributed by atoms with Gasteiger partial charge in [0.1, 0.15) is 12.4 Å². The van der Waals surface area contributed by atoms with Gasteiger partial charge in [0.25, 0.3) is 0 Å². The monoisotopic (exact) mass is 222 g/mol. The highest BCUT2D eigenvalue weighted by Crippen LogP contribution is 2.17. The Hall–Kier alpha value is -2.04. The minimum absolute atomic E-state index is 0.114. The van der Waals surface area contributed by atoms with Gasteiger partial charge in [-0.3, -0.25) is 4.79 Å². The molecule has 1 amide bonds. The molecule has 0 radical (unpaired) electrons. The average molecular weight is 222 g/mol. The van der Waals surface area contributed by atoms with Crippen LogP contribution in [0.4, 0.5) is 5.69 Å². The maximum atomic E-state index is 11.1. The third-order valence-corrected chi connectivity index (χ3v) is 1.80. The Balaban J connectivity index is 2.63. The largest absolute Gasteiger partial charge is 0.546 e. The van der Waals surface area contributed by atoms with E-state index in [2.05, 4.69) is 5.32 Å². The SMILES string of the molecule is CCC(=O)Nc1cccc(OCC(=O)[O-])c1. The Kier molecular flexibility index (Phi) is 4.32. The van der Waals surface area contributed by atoms with Gasteiger partial charge in [0.2, 0.25) is 5.91 Å². The lowest BCUT2D eigenvalue weighted by molar-refractivity contribution is -0.307. The van der Waals surface area contributed by atoms with Crippen LogP contribution in [0, 0.1) is 0 Å². The lowest BCUT2D eigenvalue weighted by Crippen LogP contribution is -2.28. The fraction of sp³-hybridized carbons (Fsp3) is 0.273. The summed E-state index contributed by atoms with van der Waals surface area (Å²) in [5.74, 6) is -1.03. The van der Waals surface area contributed by atoms with E-state index >= 15 is 0 Å². The van der Waals surface area contributed by atoms with Crippen LogP contribution in [-0.2, 0) is 9.59 Å². The molecule has 1 aromatic carbocycles. The number of aliphatic carboxylic acids is 1. The Morgan fingerprint density at radius 2 is 2.19 bits per heavy atom. The van der Waals surface area contributed by atoms with Crippen LogP contribution in [0.2, 0.25) is 0 Å². The van der Waals surface area contributed by atoms with Crippen LogP contribution in [0.5, 0.6) is 5.75 Å². The Morgan fingerprint density at radius 3 is 2.81 bits per heavy atom. The van der Waals surface area contributed by atoms with E-state index in [-0.39, 0.29) is 5.91 Å². The summed E-state index contributed by atoms with van der Waals surface area (Å²) in [7, 11) is 0. The second-order valence-corrected chi connectivity index (χ2v) is 3.09. The number of anilines is 1. The van der Waals surface area contributed by atoms with Gasteiger partial charge in [-0.15, -0.1) is 0 Å². The van der Waals surface area contributed by atoms with Gasteiger partial charge in [-0.2, -0.15) is 0 Å². The quantitative estimate of drug-likeness (QED) is 0.769. The van der Waals surface area contributed by atoms with Crippen LogP contribution >= 0.6 is 0 Å². The maximum absolute atomic E-state index is 11.1. The molecule has 5 nitrogen and oxygen atoms in total. The topological polar surface area (TPSA) is 78.5 Å². The lowest BCUT2D eigenvalue weighted by Gasteiger charge is -2.08. The van der Waals surface area contributed by atoms with E-state index in [4.69, 9.17) is 4.74 Å². The van der Waals surface area contributed by atoms with Crippen molar-refractivity contribution < 1.29 is 19.4 Å². The minimum atomic E-state index is -1.29. The number of benzene rings is 1. The van der Waals surface area contributed by atoms with Gasteiger partial charge in [0.15, 0.2) is 0 Å². The minimum Gasteiger partial charge on any atom is -0.546 e. The van der Waals surface area contributed by atoms with Crippen LogP contribution in [-0.4, -0.2) is 18.5 Å². The van der Waals surface area contributed by atoms with Gasteiger partial charge in [-0.25, -0.2) is 0 Å². The molecule has 0 heterocycles. The van der Waals surface area contributed by atoms with Crippen molar-refractivity contribution in [2.24, 2.45) is 0 Å². The van der Waals surface area contributed by atoms with Crippen LogP contribution in [0.1, 0.15) is 13.3 Å². The number of carbonyl (C=O) groups is 2. The molecule has 86 valence electrons. The van der Waals surface area contributed by atoms with Crippen molar-refractivity contribution in [2.45, 2.75) is 13.3 Å². The van der Waals surface area contributed by atoms with Gasteiger partial charge < -0.3 is 20.0 Å². The number of carbonyl (C=O) groups excluding carboxylic acids is 2. The summed E-state index contributed by atoms with van der Waals surface area (Å²) >= 11 is 0. The van der Waals surface area contributed by atoms with Crippen LogP contribution in [0.15, 0.2) is 24.3 Å². The molecule has 0 unspecified atom stereocenters. The van der Waals surface area contributed by atoms with Gasteiger partial charge >= 0.3 is 0 Å². The van der Waals surface area contributed by atoms with E-state index < -0.39 is 12.6 Å². The predicted octanol–water partition coefficient (Wildman–Crippen LogP) is 0.164. The normalized spacial score (nSPS) is 9.56. The van der Waals surface area contributed by atoms with E-state index in [0.717, 1.165) is 0 Å². The molecule has 0 aliphatic rings. The molecule has 0 spiro atoms. The van der Waals surface area contributed by atoms with E-state index in [9.17, 15) is 14.7 Å². The highest BCUT2D eigenvalue weighted by atomic mass is 16.5. The number of amides is 1. The number of nitrogens with one attached hydrogen (secondary N) is 1. The number of hydrogen-bond acceptors (Lipinski definition) is 4. The Labute approximate surface area is 93.0 Å². The third kappa shape index (κ3) is 4.00. The first-order valence-corrected chi connectivity index (χ1v) is 4.84. The molecule has 1 rings (SSSR count). The predicted molar refractivity (Wildman–Crippen MR) is 55.9 cm³/mol. The van der Waals surface area contributed by atoms with Crippen molar-refractivity contribution >= 4 is 17.6 Å². The van der Waals surface area contributed by atoms with Crippen molar-refractivity contribution in [3.8, 4) is 5.75 Å². The maximum Gasteiger partial charge on any atom is 0.224 e. The number of rotatable bonds is 5. The second-order valence-electron chi connectivity index (χ2n) is 3.09. The molecule has 16 heavy (non-hydrogen) atoms. The van der Waals surface area contributed by atoms with E-state index in [1.54, 1.807) is 31.2 Å². The highest BCUT2D eigenvalue weighted by molar-refractivity contribution is 5.90. The zero-order valence-corrected chi connectivity index (χ0v) is 8.86. The molecule has 0 bridgehead atoms. The third-order valence-electron chi connectivity index (χ3n) is 1.80. The lowest BCUT2D eigenvalue weighted by atomic mass is 10.3. The molecular weight excluding hydrogens is 210 g/mol. The summed E-state index contributed by atoms with van der Waals surface area (Å²) in [5.41, 5.74) is 0.572. The smallest absolute Gasteiger partial charge is 0.224 e. The van der Waals surface area contributed by atoms with Crippen LogP contribution in [0.25, 0.3) is 0 Å². The van der Waals surface area contributed by atoms with E-state index in [1.165, 1.54) is 0 Å². The Morgan fingerprint density at radius 1 is 1.44 bits per heavy atom. The Bertz CT molecular complexity index is 389. The number of carboxylic acids is 1. The first kappa shape index (κ1) is 12.0. The average Bonchev–Trinajstić information content (AvgIpc) is 2.26. The molecule has 0 saturated heterocycles. The summed E-state index contributed by atoms with van der Waals surface area (Å²) in [6.07, 6.45) is 0.379. The summed E-state index contributed by atoms with van der Waals surface area (Å²) in [5, 5.41) is 12.8. The number of carboxylic acid groups (broad SMARTS) is 1. The second kappa shape index (κ2) is 5.75. The van der Waals surface area contributed by atoms with Crippen molar-refractivity contribution in [1.29, 1.82) is 0 Å². The summed E-state index contributed by atoms with van der Waals surface area (Å²) in [4.78, 5) is 21.3. The number of hydrogen-bond donors (Lipinski definition) is 1. The van der Waals surface area contributed by atoms with Gasteiger partial charge in [0, 0.05) is 18.2 Å².